The number of hydrogen-bond acceptors (Lipinski definition) is 5. The number of nitrogens with one attached hydrogen (secondary N) is 1. The standard InChI is InChI=1S/C21H15FN4OS/c1-13-19(14-6-8-16(22)9-7-14)25-21(28-13)26-20(27)18-5-3-2-4-17(18)15-10-23-12-24-11-15/h2-12H,1H3,(H,25,26,27). The van der Waals surface area contributed by atoms with Crippen molar-refractivity contribution in [2.75, 3.05) is 5.32 Å². The largest absolute Gasteiger partial charge is 0.298 e. The number of benzene rings is 2. The third kappa shape index (κ3) is 3.65. The lowest BCUT2D eigenvalue weighted by atomic mass is 10.0. The van der Waals surface area contributed by atoms with Crippen molar-refractivity contribution in [1.82, 2.24) is 15.0 Å². The molecule has 0 unspecified atom stereocenters. The molecule has 0 spiro atoms. The van der Waals surface area contributed by atoms with Gasteiger partial charge in [0.2, 0.25) is 0 Å². The van der Waals surface area contributed by atoms with Crippen LogP contribution in [0.4, 0.5) is 9.52 Å². The minimum Gasteiger partial charge on any atom is -0.298 e. The Balaban J connectivity index is 1.62. The van der Waals surface area contributed by atoms with Crippen molar-refractivity contribution in [3.8, 4) is 22.4 Å². The Hall–Kier alpha value is -3.45. The van der Waals surface area contributed by atoms with Crippen molar-refractivity contribution in [3.05, 3.63) is 83.5 Å². The molecule has 28 heavy (non-hydrogen) atoms. The molecule has 2 aromatic heterocycles. The van der Waals surface area contributed by atoms with Crippen LogP contribution < -0.4 is 5.32 Å². The van der Waals surface area contributed by atoms with Gasteiger partial charge in [-0.05, 0) is 42.8 Å². The second kappa shape index (κ2) is 7.66. The molecule has 0 radical (unpaired) electrons. The number of aryl methyl sites for hydroxylation is 1. The van der Waals surface area contributed by atoms with Gasteiger partial charge in [-0.25, -0.2) is 19.3 Å². The Labute approximate surface area is 165 Å². The first-order valence-corrected chi connectivity index (χ1v) is 9.32. The molecule has 138 valence electrons. The van der Waals surface area contributed by atoms with Crippen LogP contribution in [0.1, 0.15) is 15.2 Å². The van der Waals surface area contributed by atoms with Crippen molar-refractivity contribution in [2.24, 2.45) is 0 Å². The average Bonchev–Trinajstić information content (AvgIpc) is 3.09. The van der Waals surface area contributed by atoms with Crippen LogP contribution in [0.15, 0.2) is 67.3 Å². The molecule has 0 aliphatic carbocycles. The number of halogens is 1. The van der Waals surface area contributed by atoms with E-state index in [9.17, 15) is 9.18 Å². The average molecular weight is 390 g/mol. The van der Waals surface area contributed by atoms with Crippen molar-refractivity contribution >= 4 is 22.4 Å². The molecule has 4 aromatic rings. The van der Waals surface area contributed by atoms with E-state index < -0.39 is 0 Å². The molecule has 4 rings (SSSR count). The molecular formula is C21H15FN4OS. The topological polar surface area (TPSA) is 67.8 Å². The maximum atomic E-state index is 13.2. The van der Waals surface area contributed by atoms with Crippen LogP contribution in [0.3, 0.4) is 0 Å². The van der Waals surface area contributed by atoms with E-state index >= 15 is 0 Å². The molecule has 0 aliphatic heterocycles. The molecule has 0 fully saturated rings. The number of carbonyl (C=O) groups is 1. The van der Waals surface area contributed by atoms with E-state index in [-0.39, 0.29) is 11.7 Å². The molecule has 5 nitrogen and oxygen atoms in total. The summed E-state index contributed by atoms with van der Waals surface area (Å²) in [5, 5.41) is 3.35. The number of aromatic nitrogens is 3. The van der Waals surface area contributed by atoms with E-state index in [0.717, 1.165) is 27.3 Å². The number of rotatable bonds is 4. The van der Waals surface area contributed by atoms with Gasteiger partial charge in [0, 0.05) is 34.0 Å². The molecule has 0 saturated heterocycles. The normalized spacial score (nSPS) is 10.6. The summed E-state index contributed by atoms with van der Waals surface area (Å²) in [6.07, 6.45) is 4.78. The van der Waals surface area contributed by atoms with E-state index in [2.05, 4.69) is 20.3 Å². The van der Waals surface area contributed by atoms with E-state index in [1.807, 2.05) is 19.1 Å². The Morgan fingerprint density at radius 1 is 1.00 bits per heavy atom. The van der Waals surface area contributed by atoms with Gasteiger partial charge in [0.1, 0.15) is 12.1 Å². The summed E-state index contributed by atoms with van der Waals surface area (Å²) in [6, 6.07) is 13.4. The maximum Gasteiger partial charge on any atom is 0.258 e. The number of hydrogen-bond donors (Lipinski definition) is 1. The summed E-state index contributed by atoms with van der Waals surface area (Å²) >= 11 is 1.38. The molecule has 0 saturated carbocycles. The summed E-state index contributed by atoms with van der Waals surface area (Å²) in [6.45, 7) is 1.92. The number of carbonyl (C=O) groups excluding carboxylic acids is 1. The second-order valence-electron chi connectivity index (χ2n) is 6.06. The van der Waals surface area contributed by atoms with Gasteiger partial charge in [0.05, 0.1) is 5.69 Å². The van der Waals surface area contributed by atoms with Crippen LogP contribution >= 0.6 is 11.3 Å². The monoisotopic (exact) mass is 390 g/mol. The lowest BCUT2D eigenvalue weighted by Crippen LogP contribution is -2.13. The van der Waals surface area contributed by atoms with Gasteiger partial charge in [0.25, 0.3) is 5.91 Å². The number of amides is 1. The van der Waals surface area contributed by atoms with Gasteiger partial charge in [-0.1, -0.05) is 18.2 Å². The summed E-state index contributed by atoms with van der Waals surface area (Å²) in [5.41, 5.74) is 3.54. The van der Waals surface area contributed by atoms with Gasteiger partial charge in [-0.3, -0.25) is 10.1 Å². The van der Waals surface area contributed by atoms with Gasteiger partial charge >= 0.3 is 0 Å². The quantitative estimate of drug-likeness (QED) is 0.534. The highest BCUT2D eigenvalue weighted by atomic mass is 32.1. The summed E-state index contributed by atoms with van der Waals surface area (Å²) < 4.78 is 13.2. The summed E-state index contributed by atoms with van der Waals surface area (Å²) in [4.78, 5) is 26.4. The Morgan fingerprint density at radius 3 is 2.46 bits per heavy atom. The fourth-order valence-electron chi connectivity index (χ4n) is 2.86. The third-order valence-electron chi connectivity index (χ3n) is 4.18. The molecular weight excluding hydrogens is 375 g/mol. The van der Waals surface area contributed by atoms with Crippen LogP contribution in [-0.2, 0) is 0 Å². The minimum absolute atomic E-state index is 0.265. The fourth-order valence-corrected chi connectivity index (χ4v) is 3.69. The molecule has 2 heterocycles. The van der Waals surface area contributed by atoms with Crippen molar-refractivity contribution in [1.29, 1.82) is 0 Å². The number of thiazole rings is 1. The van der Waals surface area contributed by atoms with E-state index in [4.69, 9.17) is 0 Å². The second-order valence-corrected chi connectivity index (χ2v) is 7.26. The third-order valence-corrected chi connectivity index (χ3v) is 5.06. The first-order chi connectivity index (χ1) is 13.6. The van der Waals surface area contributed by atoms with Crippen molar-refractivity contribution in [2.45, 2.75) is 6.92 Å². The zero-order valence-electron chi connectivity index (χ0n) is 14.9. The lowest BCUT2D eigenvalue weighted by Gasteiger charge is -2.08. The predicted molar refractivity (Wildman–Crippen MR) is 108 cm³/mol. The molecule has 1 amide bonds. The minimum atomic E-state index is -0.299. The number of nitrogens with zero attached hydrogens (tertiary/aromatic N) is 3. The smallest absolute Gasteiger partial charge is 0.258 e. The Morgan fingerprint density at radius 2 is 1.71 bits per heavy atom. The first kappa shape index (κ1) is 17.9. The van der Waals surface area contributed by atoms with Gasteiger partial charge < -0.3 is 0 Å². The molecule has 7 heteroatoms. The van der Waals surface area contributed by atoms with E-state index in [1.54, 1.807) is 36.7 Å². The van der Waals surface area contributed by atoms with Crippen LogP contribution in [0, 0.1) is 12.7 Å². The predicted octanol–water partition coefficient (Wildman–Crippen LogP) is 4.97. The van der Waals surface area contributed by atoms with E-state index in [0.29, 0.717) is 10.7 Å². The van der Waals surface area contributed by atoms with Gasteiger partial charge in [-0.15, -0.1) is 11.3 Å². The van der Waals surface area contributed by atoms with Gasteiger partial charge in [0.15, 0.2) is 5.13 Å². The zero-order valence-corrected chi connectivity index (χ0v) is 15.7. The zero-order chi connectivity index (χ0) is 19.5. The van der Waals surface area contributed by atoms with Crippen LogP contribution in [0.25, 0.3) is 22.4 Å². The van der Waals surface area contributed by atoms with Crippen molar-refractivity contribution < 1.29 is 9.18 Å². The highest BCUT2D eigenvalue weighted by Gasteiger charge is 2.16. The lowest BCUT2D eigenvalue weighted by molar-refractivity contribution is 0.102. The molecule has 0 atom stereocenters. The Bertz CT molecular complexity index is 1130. The van der Waals surface area contributed by atoms with Crippen molar-refractivity contribution in [3.63, 3.8) is 0 Å². The first-order valence-electron chi connectivity index (χ1n) is 8.51. The highest BCUT2D eigenvalue weighted by molar-refractivity contribution is 7.16. The van der Waals surface area contributed by atoms with Crippen LogP contribution in [-0.4, -0.2) is 20.9 Å². The molecule has 2 aromatic carbocycles. The Kier molecular flexibility index (Phi) is 4.90. The van der Waals surface area contributed by atoms with E-state index in [1.165, 1.54) is 29.8 Å². The molecule has 1 N–H and O–H groups in total. The van der Waals surface area contributed by atoms with Gasteiger partial charge in [-0.2, -0.15) is 0 Å². The fraction of sp³-hybridized carbons (Fsp3) is 0.0476. The highest BCUT2D eigenvalue weighted by Crippen LogP contribution is 2.31. The summed E-state index contributed by atoms with van der Waals surface area (Å²) in [7, 11) is 0. The molecule has 0 bridgehead atoms. The van der Waals surface area contributed by atoms with Crippen LogP contribution in [0.2, 0.25) is 0 Å². The SMILES string of the molecule is Cc1sc(NC(=O)c2ccccc2-c2cncnc2)nc1-c1ccc(F)cc1. The summed E-state index contributed by atoms with van der Waals surface area (Å²) in [5.74, 6) is -0.564. The molecule has 0 aliphatic rings. The number of anilines is 1. The maximum absolute atomic E-state index is 13.2. The van der Waals surface area contributed by atoms with Crippen LogP contribution in [0.5, 0.6) is 0 Å².